The number of fused-ring (bicyclic) bond motifs is 1. The van der Waals surface area contributed by atoms with Crippen molar-refractivity contribution >= 4 is 17.8 Å². The largest absolute Gasteiger partial charge is 0.395 e. The van der Waals surface area contributed by atoms with E-state index in [1.807, 2.05) is 23.9 Å². The molecular weight excluding hydrogens is 236 g/mol. The van der Waals surface area contributed by atoms with E-state index in [9.17, 15) is 4.79 Å². The van der Waals surface area contributed by atoms with Crippen molar-refractivity contribution in [1.82, 2.24) is 10.6 Å². The number of hydrogen-bond acceptors (Lipinski definition) is 3. The van der Waals surface area contributed by atoms with E-state index < -0.39 is 0 Å². The Morgan fingerprint density at radius 2 is 2.29 bits per heavy atom. The number of rotatable bonds is 3. The predicted molar refractivity (Wildman–Crippen MR) is 68.1 cm³/mol. The van der Waals surface area contributed by atoms with Crippen molar-refractivity contribution in [2.24, 2.45) is 0 Å². The van der Waals surface area contributed by atoms with Gasteiger partial charge in [0.15, 0.2) is 0 Å². The molecule has 0 spiro atoms. The predicted octanol–water partition coefficient (Wildman–Crippen LogP) is 1.52. The normalized spacial score (nSPS) is 18.3. The molecule has 0 saturated heterocycles. The van der Waals surface area contributed by atoms with E-state index in [1.165, 1.54) is 10.5 Å². The number of carbonyl (C=O) groups excluding carboxylic acids is 1. The van der Waals surface area contributed by atoms with Crippen LogP contribution in [0.3, 0.4) is 0 Å². The third kappa shape index (κ3) is 3.14. The van der Waals surface area contributed by atoms with Crippen molar-refractivity contribution in [1.29, 1.82) is 0 Å². The summed E-state index contributed by atoms with van der Waals surface area (Å²) >= 11 is 1.83. The van der Waals surface area contributed by atoms with Gasteiger partial charge in [-0.1, -0.05) is 18.2 Å². The maximum Gasteiger partial charge on any atom is 0.315 e. The number of benzene rings is 1. The van der Waals surface area contributed by atoms with Crippen LogP contribution < -0.4 is 10.6 Å². The molecule has 0 saturated carbocycles. The molecule has 0 fully saturated rings. The Morgan fingerprint density at radius 1 is 1.47 bits per heavy atom. The summed E-state index contributed by atoms with van der Waals surface area (Å²) < 4.78 is 0. The number of carbonyl (C=O) groups is 1. The molecule has 92 valence electrons. The number of amides is 2. The van der Waals surface area contributed by atoms with Crippen molar-refractivity contribution in [3.05, 3.63) is 29.8 Å². The van der Waals surface area contributed by atoms with Gasteiger partial charge in [-0.25, -0.2) is 4.79 Å². The minimum Gasteiger partial charge on any atom is -0.395 e. The van der Waals surface area contributed by atoms with Crippen LogP contribution in [0.25, 0.3) is 0 Å². The van der Waals surface area contributed by atoms with Crippen molar-refractivity contribution < 1.29 is 9.90 Å². The fraction of sp³-hybridized carbons (Fsp3) is 0.417. The number of nitrogens with one attached hydrogen (secondary N) is 2. The van der Waals surface area contributed by atoms with E-state index in [-0.39, 0.29) is 25.2 Å². The second kappa shape index (κ2) is 5.93. The summed E-state index contributed by atoms with van der Waals surface area (Å²) in [7, 11) is 0. The minimum absolute atomic E-state index is 0.0372. The van der Waals surface area contributed by atoms with Gasteiger partial charge in [0.1, 0.15) is 0 Å². The Labute approximate surface area is 105 Å². The molecule has 0 aliphatic carbocycles. The highest BCUT2D eigenvalue weighted by molar-refractivity contribution is 7.99. The Balaban J connectivity index is 2.01. The highest BCUT2D eigenvalue weighted by atomic mass is 32.2. The second-order valence-corrected chi connectivity index (χ2v) is 4.99. The van der Waals surface area contributed by atoms with Crippen molar-refractivity contribution in [3.63, 3.8) is 0 Å². The van der Waals surface area contributed by atoms with E-state index in [1.54, 1.807) is 0 Å². The number of urea groups is 1. The lowest BCUT2D eigenvalue weighted by Gasteiger charge is -2.25. The van der Waals surface area contributed by atoms with Crippen LogP contribution in [0, 0.1) is 0 Å². The molecule has 3 N–H and O–H groups in total. The van der Waals surface area contributed by atoms with E-state index in [2.05, 4.69) is 22.8 Å². The van der Waals surface area contributed by atoms with Crippen molar-refractivity contribution in [2.75, 3.05) is 18.9 Å². The van der Waals surface area contributed by atoms with Gasteiger partial charge in [0.05, 0.1) is 12.6 Å². The van der Waals surface area contributed by atoms with Crippen LogP contribution in [0.2, 0.25) is 0 Å². The zero-order valence-electron chi connectivity index (χ0n) is 9.48. The lowest BCUT2D eigenvalue weighted by Crippen LogP contribution is -2.40. The highest BCUT2D eigenvalue weighted by Crippen LogP contribution is 2.35. The first-order valence-electron chi connectivity index (χ1n) is 5.68. The molecule has 1 unspecified atom stereocenters. The first kappa shape index (κ1) is 12.3. The van der Waals surface area contributed by atoms with Crippen LogP contribution in [0.5, 0.6) is 0 Å². The fourth-order valence-electron chi connectivity index (χ4n) is 1.87. The van der Waals surface area contributed by atoms with Gasteiger partial charge < -0.3 is 15.7 Å². The van der Waals surface area contributed by atoms with Crippen LogP contribution in [0.4, 0.5) is 4.79 Å². The Morgan fingerprint density at radius 3 is 3.12 bits per heavy atom. The molecule has 1 aliphatic rings. The van der Waals surface area contributed by atoms with Gasteiger partial charge in [-0.05, 0) is 18.1 Å². The quantitative estimate of drug-likeness (QED) is 0.764. The van der Waals surface area contributed by atoms with Gasteiger partial charge in [0, 0.05) is 17.2 Å². The first-order chi connectivity index (χ1) is 8.31. The molecule has 2 rings (SSSR count). The van der Waals surface area contributed by atoms with Crippen LogP contribution in [-0.4, -0.2) is 30.0 Å². The number of aliphatic hydroxyl groups is 1. The number of hydrogen-bond donors (Lipinski definition) is 3. The summed E-state index contributed by atoms with van der Waals surface area (Å²) in [6.45, 7) is 0.249. The number of aliphatic hydroxyl groups excluding tert-OH is 1. The second-order valence-electron chi connectivity index (χ2n) is 3.85. The Hall–Kier alpha value is -1.20. The molecule has 1 heterocycles. The third-order valence-corrected chi connectivity index (χ3v) is 3.78. The molecule has 1 aromatic carbocycles. The van der Waals surface area contributed by atoms with Gasteiger partial charge >= 0.3 is 6.03 Å². The molecule has 1 atom stereocenters. The Kier molecular flexibility index (Phi) is 4.28. The average Bonchev–Trinajstić information content (AvgIpc) is 2.37. The van der Waals surface area contributed by atoms with Crippen LogP contribution >= 0.6 is 11.8 Å². The summed E-state index contributed by atoms with van der Waals surface area (Å²) in [5.41, 5.74) is 1.18. The smallest absolute Gasteiger partial charge is 0.315 e. The summed E-state index contributed by atoms with van der Waals surface area (Å²) in [4.78, 5) is 12.8. The number of thioether (sulfide) groups is 1. The average molecular weight is 252 g/mol. The molecular formula is C12H16N2O2S. The van der Waals surface area contributed by atoms with Gasteiger partial charge in [0.2, 0.25) is 0 Å². The fourth-order valence-corrected chi connectivity index (χ4v) is 3.00. The summed E-state index contributed by atoms with van der Waals surface area (Å²) in [6.07, 6.45) is 0.939. The molecule has 0 bridgehead atoms. The molecule has 5 heteroatoms. The molecule has 4 nitrogen and oxygen atoms in total. The molecule has 1 aliphatic heterocycles. The van der Waals surface area contributed by atoms with E-state index in [0.717, 1.165) is 12.2 Å². The molecule has 2 amide bonds. The topological polar surface area (TPSA) is 61.4 Å². The Bertz CT molecular complexity index is 398. The zero-order valence-corrected chi connectivity index (χ0v) is 10.3. The van der Waals surface area contributed by atoms with E-state index in [4.69, 9.17) is 5.11 Å². The monoisotopic (exact) mass is 252 g/mol. The van der Waals surface area contributed by atoms with Crippen LogP contribution in [0.1, 0.15) is 18.0 Å². The summed E-state index contributed by atoms with van der Waals surface area (Å²) in [6, 6.07) is 8.00. The molecule has 1 aromatic rings. The molecule has 17 heavy (non-hydrogen) atoms. The van der Waals surface area contributed by atoms with Crippen LogP contribution in [-0.2, 0) is 0 Å². The third-order valence-electron chi connectivity index (χ3n) is 2.66. The maximum absolute atomic E-state index is 11.5. The summed E-state index contributed by atoms with van der Waals surface area (Å²) in [5.74, 6) is 1.02. The van der Waals surface area contributed by atoms with Gasteiger partial charge in [-0.15, -0.1) is 11.8 Å². The SMILES string of the molecule is O=C(NCCO)NC1CCSc2ccccc21. The van der Waals surface area contributed by atoms with E-state index in [0.29, 0.717) is 0 Å². The van der Waals surface area contributed by atoms with Crippen molar-refractivity contribution in [3.8, 4) is 0 Å². The highest BCUT2D eigenvalue weighted by Gasteiger charge is 2.21. The lowest BCUT2D eigenvalue weighted by molar-refractivity contribution is 0.230. The first-order valence-corrected chi connectivity index (χ1v) is 6.67. The van der Waals surface area contributed by atoms with Gasteiger partial charge in [-0.3, -0.25) is 0 Å². The standard InChI is InChI=1S/C12H16N2O2S/c15-7-6-13-12(16)14-10-5-8-17-11-4-2-1-3-9(10)11/h1-4,10,15H,5-8H2,(H2,13,14,16). The zero-order chi connectivity index (χ0) is 12.1. The minimum atomic E-state index is -0.217. The maximum atomic E-state index is 11.5. The molecule has 0 aromatic heterocycles. The van der Waals surface area contributed by atoms with Crippen molar-refractivity contribution in [2.45, 2.75) is 17.4 Å². The lowest BCUT2D eigenvalue weighted by atomic mass is 10.0. The molecule has 0 radical (unpaired) electrons. The van der Waals surface area contributed by atoms with Gasteiger partial charge in [-0.2, -0.15) is 0 Å². The van der Waals surface area contributed by atoms with Crippen LogP contribution in [0.15, 0.2) is 29.2 Å². The van der Waals surface area contributed by atoms with E-state index >= 15 is 0 Å². The van der Waals surface area contributed by atoms with Gasteiger partial charge in [0.25, 0.3) is 0 Å². The summed E-state index contributed by atoms with van der Waals surface area (Å²) in [5, 5.41) is 14.2.